The Labute approximate surface area is 120 Å². The van der Waals surface area contributed by atoms with Crippen molar-refractivity contribution in [2.45, 2.75) is 32.7 Å². The molecule has 0 aliphatic heterocycles. The molecule has 0 spiro atoms. The summed E-state index contributed by atoms with van der Waals surface area (Å²) in [5.41, 5.74) is 3.31. The van der Waals surface area contributed by atoms with Crippen molar-refractivity contribution in [3.63, 3.8) is 0 Å². The van der Waals surface area contributed by atoms with E-state index in [0.29, 0.717) is 6.42 Å². The summed E-state index contributed by atoms with van der Waals surface area (Å²) >= 11 is 0. The highest BCUT2D eigenvalue weighted by atomic mass is 16.1. The molecule has 0 aliphatic carbocycles. The van der Waals surface area contributed by atoms with Gasteiger partial charge in [-0.25, -0.2) is 0 Å². The van der Waals surface area contributed by atoms with Crippen molar-refractivity contribution in [2.24, 2.45) is 0 Å². The number of benzene rings is 1. The molecule has 0 aliphatic rings. The molecule has 2 rings (SSSR count). The maximum Gasteiger partial charge on any atom is 0.220 e. The number of hydrogen-bond acceptors (Lipinski definition) is 2. The number of amides is 1. The number of aromatic nitrogens is 1. The van der Waals surface area contributed by atoms with E-state index in [9.17, 15) is 4.79 Å². The van der Waals surface area contributed by atoms with Crippen LogP contribution in [-0.2, 0) is 11.2 Å². The van der Waals surface area contributed by atoms with E-state index in [1.165, 1.54) is 11.1 Å². The zero-order valence-corrected chi connectivity index (χ0v) is 12.0. The number of pyridine rings is 1. The van der Waals surface area contributed by atoms with Crippen LogP contribution in [0.3, 0.4) is 0 Å². The predicted molar refractivity (Wildman–Crippen MR) is 80.3 cm³/mol. The Morgan fingerprint density at radius 3 is 2.60 bits per heavy atom. The van der Waals surface area contributed by atoms with Gasteiger partial charge in [0.1, 0.15) is 0 Å². The normalized spacial score (nSPS) is 11.9. The van der Waals surface area contributed by atoms with Crippen molar-refractivity contribution in [2.75, 3.05) is 0 Å². The van der Waals surface area contributed by atoms with Crippen molar-refractivity contribution < 1.29 is 4.79 Å². The second kappa shape index (κ2) is 6.85. The molecule has 0 radical (unpaired) electrons. The van der Waals surface area contributed by atoms with Gasteiger partial charge in [-0.3, -0.25) is 9.78 Å². The van der Waals surface area contributed by atoms with E-state index in [0.717, 1.165) is 12.1 Å². The van der Waals surface area contributed by atoms with Crippen LogP contribution in [0, 0.1) is 6.92 Å². The van der Waals surface area contributed by atoms with Gasteiger partial charge >= 0.3 is 0 Å². The van der Waals surface area contributed by atoms with E-state index in [-0.39, 0.29) is 11.9 Å². The molecule has 104 valence electrons. The number of nitrogens with one attached hydrogen (secondary N) is 1. The van der Waals surface area contributed by atoms with Crippen molar-refractivity contribution in [1.82, 2.24) is 10.3 Å². The summed E-state index contributed by atoms with van der Waals surface area (Å²) in [5, 5.41) is 2.98. The Balaban J connectivity index is 1.82. The Morgan fingerprint density at radius 2 is 1.95 bits per heavy atom. The number of hydrogen-bond donors (Lipinski definition) is 1. The first-order valence-electron chi connectivity index (χ1n) is 6.91. The van der Waals surface area contributed by atoms with E-state index in [2.05, 4.69) is 41.5 Å². The lowest BCUT2D eigenvalue weighted by molar-refractivity contribution is -0.121. The Bertz CT molecular complexity index is 549. The smallest absolute Gasteiger partial charge is 0.220 e. The molecule has 1 amide bonds. The Morgan fingerprint density at radius 1 is 1.20 bits per heavy atom. The first kappa shape index (κ1) is 14.3. The minimum Gasteiger partial charge on any atom is -0.348 e. The van der Waals surface area contributed by atoms with Crippen LogP contribution in [0.1, 0.15) is 36.2 Å². The first-order valence-corrected chi connectivity index (χ1v) is 6.91. The summed E-state index contributed by atoms with van der Waals surface area (Å²) in [7, 11) is 0. The molecule has 1 atom stereocenters. The van der Waals surface area contributed by atoms with Crippen molar-refractivity contribution in [3.8, 4) is 0 Å². The topological polar surface area (TPSA) is 42.0 Å². The van der Waals surface area contributed by atoms with Gasteiger partial charge in [-0.05, 0) is 38.0 Å². The van der Waals surface area contributed by atoms with E-state index < -0.39 is 0 Å². The first-order chi connectivity index (χ1) is 9.65. The molecule has 20 heavy (non-hydrogen) atoms. The SMILES string of the molecule is Cc1ccc(CCC(=O)NC(C)c2ccccn2)cc1. The maximum atomic E-state index is 11.9. The van der Waals surface area contributed by atoms with Gasteiger partial charge in [0, 0.05) is 12.6 Å². The molecular weight excluding hydrogens is 248 g/mol. The van der Waals surface area contributed by atoms with Crippen LogP contribution < -0.4 is 5.32 Å². The lowest BCUT2D eigenvalue weighted by Crippen LogP contribution is -2.27. The molecule has 0 fully saturated rings. The lowest BCUT2D eigenvalue weighted by Gasteiger charge is -2.13. The van der Waals surface area contributed by atoms with Gasteiger partial charge in [0.25, 0.3) is 0 Å². The molecule has 1 N–H and O–H groups in total. The zero-order valence-electron chi connectivity index (χ0n) is 12.0. The molecule has 0 saturated heterocycles. The minimum atomic E-state index is -0.0540. The third kappa shape index (κ3) is 4.19. The molecule has 1 unspecified atom stereocenters. The van der Waals surface area contributed by atoms with Gasteiger partial charge in [-0.2, -0.15) is 0 Å². The van der Waals surface area contributed by atoms with Crippen LogP contribution in [0.4, 0.5) is 0 Å². The van der Waals surface area contributed by atoms with Crippen molar-refractivity contribution >= 4 is 5.91 Å². The van der Waals surface area contributed by atoms with Crippen molar-refractivity contribution in [3.05, 3.63) is 65.5 Å². The van der Waals surface area contributed by atoms with Gasteiger partial charge in [0.05, 0.1) is 11.7 Å². The monoisotopic (exact) mass is 268 g/mol. The molecule has 2 aromatic rings. The summed E-state index contributed by atoms with van der Waals surface area (Å²) in [5.74, 6) is 0.0590. The van der Waals surface area contributed by atoms with Crippen LogP contribution >= 0.6 is 0 Å². The van der Waals surface area contributed by atoms with Gasteiger partial charge < -0.3 is 5.32 Å². The number of nitrogens with zero attached hydrogens (tertiary/aromatic N) is 1. The predicted octanol–water partition coefficient (Wildman–Crippen LogP) is 3.20. The summed E-state index contributed by atoms with van der Waals surface area (Å²) in [6.07, 6.45) is 3.01. The highest BCUT2D eigenvalue weighted by Crippen LogP contribution is 2.09. The third-order valence-electron chi connectivity index (χ3n) is 3.27. The molecular formula is C17H20N2O. The molecule has 1 heterocycles. The van der Waals surface area contributed by atoms with Crippen LogP contribution in [0.15, 0.2) is 48.7 Å². The summed E-state index contributed by atoms with van der Waals surface area (Å²) in [6.45, 7) is 4.01. The highest BCUT2D eigenvalue weighted by Gasteiger charge is 2.10. The average molecular weight is 268 g/mol. The van der Waals surface area contributed by atoms with E-state index in [1.807, 2.05) is 25.1 Å². The molecule has 1 aromatic heterocycles. The van der Waals surface area contributed by atoms with Gasteiger partial charge in [-0.1, -0.05) is 35.9 Å². The number of rotatable bonds is 5. The van der Waals surface area contributed by atoms with Crippen LogP contribution in [0.5, 0.6) is 0 Å². The standard InChI is InChI=1S/C17H20N2O/c1-13-6-8-15(9-7-13)10-11-17(20)19-14(2)16-5-3-4-12-18-16/h3-9,12,14H,10-11H2,1-2H3,(H,19,20). The third-order valence-corrected chi connectivity index (χ3v) is 3.27. The quantitative estimate of drug-likeness (QED) is 0.904. The summed E-state index contributed by atoms with van der Waals surface area (Å²) in [4.78, 5) is 16.2. The molecule has 0 bridgehead atoms. The molecule has 1 aromatic carbocycles. The fourth-order valence-electron chi connectivity index (χ4n) is 2.03. The zero-order chi connectivity index (χ0) is 14.4. The van der Waals surface area contributed by atoms with E-state index in [4.69, 9.17) is 0 Å². The van der Waals surface area contributed by atoms with Gasteiger partial charge in [0.2, 0.25) is 5.91 Å². The Kier molecular flexibility index (Phi) is 4.88. The summed E-state index contributed by atoms with van der Waals surface area (Å²) < 4.78 is 0. The van der Waals surface area contributed by atoms with E-state index in [1.54, 1.807) is 6.20 Å². The van der Waals surface area contributed by atoms with Crippen LogP contribution in [0.2, 0.25) is 0 Å². The fourth-order valence-corrected chi connectivity index (χ4v) is 2.03. The van der Waals surface area contributed by atoms with Crippen molar-refractivity contribution in [1.29, 1.82) is 0 Å². The average Bonchev–Trinajstić information content (AvgIpc) is 2.47. The highest BCUT2D eigenvalue weighted by molar-refractivity contribution is 5.76. The van der Waals surface area contributed by atoms with Crippen LogP contribution in [0.25, 0.3) is 0 Å². The maximum absolute atomic E-state index is 11.9. The lowest BCUT2D eigenvalue weighted by atomic mass is 10.1. The number of carbonyl (C=O) groups excluding carboxylic acids is 1. The van der Waals surface area contributed by atoms with Crippen LogP contribution in [-0.4, -0.2) is 10.9 Å². The molecule has 3 heteroatoms. The van der Waals surface area contributed by atoms with E-state index >= 15 is 0 Å². The van der Waals surface area contributed by atoms with Gasteiger partial charge in [-0.15, -0.1) is 0 Å². The largest absolute Gasteiger partial charge is 0.348 e. The minimum absolute atomic E-state index is 0.0540. The van der Waals surface area contributed by atoms with Gasteiger partial charge in [0.15, 0.2) is 0 Å². The second-order valence-corrected chi connectivity index (χ2v) is 5.03. The Hall–Kier alpha value is -2.16. The molecule has 0 saturated carbocycles. The second-order valence-electron chi connectivity index (χ2n) is 5.03. The fraction of sp³-hybridized carbons (Fsp3) is 0.294. The summed E-state index contributed by atoms with van der Waals surface area (Å²) in [6, 6.07) is 14.0. The molecule has 3 nitrogen and oxygen atoms in total. The number of aryl methyl sites for hydroxylation is 2. The number of carbonyl (C=O) groups is 1.